The minimum absolute atomic E-state index is 0.390. The van der Waals surface area contributed by atoms with Gasteiger partial charge in [0.05, 0.1) is 11.9 Å². The molecule has 2 rings (SSSR count). The van der Waals surface area contributed by atoms with E-state index in [0.717, 1.165) is 12.8 Å². The number of hydrogen-bond donors (Lipinski definition) is 2. The van der Waals surface area contributed by atoms with E-state index in [4.69, 9.17) is 0 Å². The van der Waals surface area contributed by atoms with Crippen molar-refractivity contribution >= 4 is 11.2 Å². The number of nitrogens with one attached hydrogen (secondary N) is 1. The molecule has 0 unspecified atom stereocenters. The molecule has 0 fully saturated rings. The first-order valence-electron chi connectivity index (χ1n) is 6.66. The lowest BCUT2D eigenvalue weighted by Crippen LogP contribution is -2.29. The van der Waals surface area contributed by atoms with Crippen LogP contribution in [0.2, 0.25) is 0 Å². The van der Waals surface area contributed by atoms with Crippen LogP contribution in [0.4, 0.5) is 0 Å². The van der Waals surface area contributed by atoms with Crippen LogP contribution >= 0.6 is 0 Å². The molecule has 2 N–H and O–H groups in total. The fraction of sp³-hybridized carbons (Fsp3) is 0.615. The van der Waals surface area contributed by atoms with Gasteiger partial charge in [0.2, 0.25) is 0 Å². The average Bonchev–Trinajstić information content (AvgIpc) is 2.75. The molecule has 0 bridgehead atoms. The minimum atomic E-state index is -0.668. The van der Waals surface area contributed by atoms with Crippen molar-refractivity contribution in [3.05, 3.63) is 27.2 Å². The van der Waals surface area contributed by atoms with Gasteiger partial charge in [-0.1, -0.05) is 0 Å². The van der Waals surface area contributed by atoms with Crippen molar-refractivity contribution in [3.63, 3.8) is 0 Å². The Morgan fingerprint density at radius 2 is 2.05 bits per heavy atom. The van der Waals surface area contributed by atoms with Crippen LogP contribution in [0.5, 0.6) is 0 Å². The maximum absolute atomic E-state index is 11.9. The third kappa shape index (κ3) is 2.98. The molecule has 0 radical (unpaired) electrons. The first kappa shape index (κ1) is 14.5. The van der Waals surface area contributed by atoms with E-state index in [0.29, 0.717) is 24.1 Å². The maximum atomic E-state index is 11.9. The Labute approximate surface area is 115 Å². The Balaban J connectivity index is 2.18. The molecule has 110 valence electrons. The summed E-state index contributed by atoms with van der Waals surface area (Å²) in [5.41, 5.74) is -0.743. The summed E-state index contributed by atoms with van der Waals surface area (Å²) >= 11 is 0. The predicted octanol–water partition coefficient (Wildman–Crippen LogP) is 0.364. The zero-order chi connectivity index (χ0) is 14.9. The van der Waals surface area contributed by atoms with Crippen LogP contribution in [0.1, 0.15) is 33.1 Å². The number of unbranched alkanes of at least 4 members (excludes halogenated alkanes) is 1. The average molecular weight is 280 g/mol. The fourth-order valence-corrected chi connectivity index (χ4v) is 2.19. The largest absolute Gasteiger partial charge is 0.390 e. The van der Waals surface area contributed by atoms with Crippen LogP contribution in [0.15, 0.2) is 15.9 Å². The number of aromatic amines is 1. The van der Waals surface area contributed by atoms with Crippen LogP contribution in [0.3, 0.4) is 0 Å². The third-order valence-corrected chi connectivity index (χ3v) is 3.31. The Bertz CT molecular complexity index is 718. The summed E-state index contributed by atoms with van der Waals surface area (Å²) in [5, 5.41) is 9.65. The summed E-state index contributed by atoms with van der Waals surface area (Å²) in [4.78, 5) is 29.7. The molecule has 0 saturated carbocycles. The second-order valence-electron chi connectivity index (χ2n) is 5.70. The molecule has 7 heteroatoms. The number of fused-ring (bicyclic) bond motifs is 1. The lowest BCUT2D eigenvalue weighted by atomic mass is 10.0. The zero-order valence-electron chi connectivity index (χ0n) is 12.0. The lowest BCUT2D eigenvalue weighted by molar-refractivity contribution is 0.0679. The highest BCUT2D eigenvalue weighted by molar-refractivity contribution is 5.69. The smallest absolute Gasteiger partial charge is 0.329 e. The van der Waals surface area contributed by atoms with Crippen LogP contribution < -0.4 is 11.2 Å². The summed E-state index contributed by atoms with van der Waals surface area (Å²) in [5.74, 6) is 0. The normalized spacial score (nSPS) is 12.2. The third-order valence-electron chi connectivity index (χ3n) is 3.31. The fourth-order valence-electron chi connectivity index (χ4n) is 2.19. The van der Waals surface area contributed by atoms with Crippen LogP contribution in [0.25, 0.3) is 11.2 Å². The van der Waals surface area contributed by atoms with Gasteiger partial charge in [0.1, 0.15) is 0 Å². The highest BCUT2D eigenvalue weighted by Crippen LogP contribution is 2.13. The zero-order valence-corrected chi connectivity index (χ0v) is 12.0. The summed E-state index contributed by atoms with van der Waals surface area (Å²) in [6, 6.07) is 0. The van der Waals surface area contributed by atoms with E-state index >= 15 is 0 Å². The topological polar surface area (TPSA) is 92.9 Å². The van der Waals surface area contributed by atoms with Crippen molar-refractivity contribution in [1.29, 1.82) is 0 Å². The van der Waals surface area contributed by atoms with Gasteiger partial charge < -0.3 is 9.67 Å². The van der Waals surface area contributed by atoms with Gasteiger partial charge in [0.15, 0.2) is 11.2 Å². The Hall–Kier alpha value is -1.89. The van der Waals surface area contributed by atoms with E-state index in [1.165, 1.54) is 4.57 Å². The molecule has 0 aliphatic rings. The predicted molar refractivity (Wildman–Crippen MR) is 75.7 cm³/mol. The summed E-state index contributed by atoms with van der Waals surface area (Å²) in [6.07, 6.45) is 3.96. The number of H-pyrrole nitrogens is 1. The van der Waals surface area contributed by atoms with Crippen molar-refractivity contribution in [2.75, 3.05) is 0 Å². The van der Waals surface area contributed by atoms with E-state index in [-0.39, 0.29) is 0 Å². The number of rotatable bonds is 5. The molecule has 0 atom stereocenters. The van der Waals surface area contributed by atoms with Crippen molar-refractivity contribution in [1.82, 2.24) is 19.1 Å². The molecule has 0 spiro atoms. The Morgan fingerprint density at radius 3 is 2.70 bits per heavy atom. The molecule has 2 aromatic heterocycles. The molecule has 0 aromatic carbocycles. The molecule has 20 heavy (non-hydrogen) atoms. The van der Waals surface area contributed by atoms with Crippen LogP contribution in [-0.4, -0.2) is 29.8 Å². The molecular weight excluding hydrogens is 260 g/mol. The second kappa shape index (κ2) is 5.24. The molecular formula is C13H20N4O3. The first-order valence-corrected chi connectivity index (χ1v) is 6.66. The standard InChI is InChI=1S/C13H20N4O3/c1-13(2,20)6-4-5-7-17-8-14-10-9(17)11(18)15-12(19)16(10)3/h8,20H,4-7H2,1-3H3,(H,15,18,19). The quantitative estimate of drug-likeness (QED) is 0.774. The van der Waals surface area contributed by atoms with Gasteiger partial charge in [-0.3, -0.25) is 14.3 Å². The van der Waals surface area contributed by atoms with Crippen molar-refractivity contribution in [2.24, 2.45) is 7.05 Å². The Kier molecular flexibility index (Phi) is 3.80. The highest BCUT2D eigenvalue weighted by atomic mass is 16.3. The van der Waals surface area contributed by atoms with E-state index in [9.17, 15) is 14.7 Å². The number of hydrogen-bond acceptors (Lipinski definition) is 4. The number of aromatic nitrogens is 4. The van der Waals surface area contributed by atoms with Gasteiger partial charge in [0.25, 0.3) is 5.56 Å². The van der Waals surface area contributed by atoms with Crippen LogP contribution in [0, 0.1) is 0 Å². The van der Waals surface area contributed by atoms with Crippen molar-refractivity contribution in [3.8, 4) is 0 Å². The number of nitrogens with zero attached hydrogens (tertiary/aromatic N) is 3. The molecule has 0 aliphatic heterocycles. The monoisotopic (exact) mass is 280 g/mol. The molecule has 0 aliphatic carbocycles. The summed E-state index contributed by atoms with van der Waals surface area (Å²) in [6.45, 7) is 4.19. The van der Waals surface area contributed by atoms with Gasteiger partial charge in [0, 0.05) is 13.6 Å². The number of imidazole rings is 1. The lowest BCUT2D eigenvalue weighted by Gasteiger charge is -2.16. The van der Waals surface area contributed by atoms with Gasteiger partial charge in [-0.25, -0.2) is 9.78 Å². The van der Waals surface area contributed by atoms with E-state index in [1.807, 2.05) is 0 Å². The van der Waals surface area contributed by atoms with E-state index in [2.05, 4.69) is 9.97 Å². The Morgan fingerprint density at radius 1 is 1.35 bits per heavy atom. The van der Waals surface area contributed by atoms with Gasteiger partial charge in [-0.05, 0) is 33.1 Å². The SMILES string of the molecule is Cn1c(=O)[nH]c(=O)c2c1ncn2CCCCC(C)(C)O. The maximum Gasteiger partial charge on any atom is 0.329 e. The number of aryl methyl sites for hydroxylation is 2. The molecule has 2 heterocycles. The van der Waals surface area contributed by atoms with Crippen molar-refractivity contribution in [2.45, 2.75) is 45.3 Å². The van der Waals surface area contributed by atoms with Gasteiger partial charge in [-0.15, -0.1) is 0 Å². The van der Waals surface area contributed by atoms with Crippen molar-refractivity contribution < 1.29 is 5.11 Å². The molecule has 7 nitrogen and oxygen atoms in total. The van der Waals surface area contributed by atoms with Gasteiger partial charge in [-0.2, -0.15) is 0 Å². The summed E-state index contributed by atoms with van der Waals surface area (Å²) in [7, 11) is 1.58. The molecule has 0 amide bonds. The minimum Gasteiger partial charge on any atom is -0.390 e. The molecule has 2 aromatic rings. The second-order valence-corrected chi connectivity index (χ2v) is 5.70. The number of aliphatic hydroxyl groups is 1. The first-order chi connectivity index (χ1) is 9.29. The molecule has 0 saturated heterocycles. The summed E-state index contributed by atoms with van der Waals surface area (Å²) < 4.78 is 3.07. The van der Waals surface area contributed by atoms with E-state index in [1.54, 1.807) is 31.8 Å². The van der Waals surface area contributed by atoms with Crippen LogP contribution in [-0.2, 0) is 13.6 Å². The highest BCUT2D eigenvalue weighted by Gasteiger charge is 2.13. The van der Waals surface area contributed by atoms with E-state index < -0.39 is 16.9 Å². The van der Waals surface area contributed by atoms with Gasteiger partial charge >= 0.3 is 5.69 Å².